The SMILES string of the molecule is Cc1cncnc1Nc1cccc(S(N)(=O)=O)c1Nc1cccc(N2CCN(CCO)CC2)c1.Cl. The average Bonchev–Trinajstić information content (AvgIpc) is 2.82. The second-order valence-corrected chi connectivity index (χ2v) is 9.66. The Kier molecular flexibility index (Phi) is 8.87. The van der Waals surface area contributed by atoms with Crippen LogP contribution in [0, 0.1) is 6.92 Å². The Morgan fingerprint density at radius 2 is 1.83 bits per heavy atom. The molecule has 1 aliphatic rings. The number of piperazine rings is 1. The van der Waals surface area contributed by atoms with Crippen molar-refractivity contribution in [2.75, 3.05) is 54.9 Å². The maximum absolute atomic E-state index is 12.4. The van der Waals surface area contributed by atoms with E-state index in [1.54, 1.807) is 18.3 Å². The van der Waals surface area contributed by atoms with Crippen LogP contribution in [0.3, 0.4) is 0 Å². The van der Waals surface area contributed by atoms with Gasteiger partial charge in [-0.15, -0.1) is 12.4 Å². The number of rotatable bonds is 8. The first-order chi connectivity index (χ1) is 16.3. The quantitative estimate of drug-likeness (QED) is 0.353. The molecule has 1 aromatic heterocycles. The summed E-state index contributed by atoms with van der Waals surface area (Å²) in [6.07, 6.45) is 3.10. The van der Waals surface area contributed by atoms with Gasteiger partial charge in [-0.2, -0.15) is 0 Å². The summed E-state index contributed by atoms with van der Waals surface area (Å²) in [4.78, 5) is 12.7. The summed E-state index contributed by atoms with van der Waals surface area (Å²) in [6.45, 7) is 6.14. The molecule has 0 radical (unpaired) electrons. The van der Waals surface area contributed by atoms with Gasteiger partial charge in [-0.3, -0.25) is 4.90 Å². The fraction of sp³-hybridized carbons (Fsp3) is 0.304. The Morgan fingerprint density at radius 1 is 1.09 bits per heavy atom. The van der Waals surface area contributed by atoms with E-state index < -0.39 is 10.0 Å². The zero-order chi connectivity index (χ0) is 24.1. The minimum atomic E-state index is -3.99. The fourth-order valence-electron chi connectivity index (χ4n) is 3.95. The van der Waals surface area contributed by atoms with Gasteiger partial charge in [-0.25, -0.2) is 23.5 Å². The maximum Gasteiger partial charge on any atom is 0.240 e. The lowest BCUT2D eigenvalue weighted by molar-refractivity contribution is 0.189. The van der Waals surface area contributed by atoms with E-state index in [2.05, 4.69) is 30.4 Å². The first kappa shape index (κ1) is 26.6. The molecule has 0 bridgehead atoms. The van der Waals surface area contributed by atoms with E-state index in [0.29, 0.717) is 23.7 Å². The molecule has 10 nitrogen and oxygen atoms in total. The molecular weight excluding hydrogens is 490 g/mol. The highest BCUT2D eigenvalue weighted by Gasteiger charge is 2.20. The van der Waals surface area contributed by atoms with Crippen LogP contribution in [0.1, 0.15) is 5.56 Å². The number of nitrogens with one attached hydrogen (secondary N) is 2. The van der Waals surface area contributed by atoms with Crippen LogP contribution in [-0.2, 0) is 10.0 Å². The van der Waals surface area contributed by atoms with Crippen LogP contribution in [-0.4, -0.2) is 67.7 Å². The van der Waals surface area contributed by atoms with Gasteiger partial charge in [0.2, 0.25) is 10.0 Å². The van der Waals surface area contributed by atoms with Crippen LogP contribution in [0.5, 0.6) is 0 Å². The molecule has 3 aromatic rings. The number of halogens is 1. The lowest BCUT2D eigenvalue weighted by Crippen LogP contribution is -2.47. The summed E-state index contributed by atoms with van der Waals surface area (Å²) in [5, 5.41) is 21.2. The van der Waals surface area contributed by atoms with Crippen molar-refractivity contribution in [2.45, 2.75) is 11.8 Å². The highest BCUT2D eigenvalue weighted by atomic mass is 35.5. The molecule has 188 valence electrons. The Labute approximate surface area is 211 Å². The molecule has 0 aliphatic carbocycles. The number of aromatic nitrogens is 2. The zero-order valence-corrected chi connectivity index (χ0v) is 21.0. The topological polar surface area (TPSA) is 137 Å². The first-order valence-electron chi connectivity index (χ1n) is 11.0. The van der Waals surface area contributed by atoms with Crippen molar-refractivity contribution in [2.24, 2.45) is 5.14 Å². The molecule has 0 amide bonds. The summed E-state index contributed by atoms with van der Waals surface area (Å²) >= 11 is 0. The molecule has 0 saturated carbocycles. The van der Waals surface area contributed by atoms with Gasteiger partial charge in [0.15, 0.2) is 0 Å². The number of primary sulfonamides is 1. The minimum Gasteiger partial charge on any atom is -0.395 e. The van der Waals surface area contributed by atoms with Gasteiger partial charge in [-0.05, 0) is 37.3 Å². The van der Waals surface area contributed by atoms with Crippen LogP contribution in [0.4, 0.5) is 28.6 Å². The number of hydrogen-bond donors (Lipinski definition) is 4. The monoisotopic (exact) mass is 519 g/mol. The summed E-state index contributed by atoms with van der Waals surface area (Å²) < 4.78 is 24.7. The number of nitrogens with zero attached hydrogens (tertiary/aromatic N) is 4. The van der Waals surface area contributed by atoms with E-state index in [-0.39, 0.29) is 23.9 Å². The number of β-amino-alcohol motifs (C(OH)–C–C–N with tert-alkyl or cyclic N) is 1. The largest absolute Gasteiger partial charge is 0.395 e. The van der Waals surface area contributed by atoms with Crippen molar-refractivity contribution >= 4 is 51.0 Å². The van der Waals surface area contributed by atoms with Crippen molar-refractivity contribution in [3.8, 4) is 0 Å². The zero-order valence-electron chi connectivity index (χ0n) is 19.4. The molecule has 1 saturated heterocycles. The van der Waals surface area contributed by atoms with E-state index in [0.717, 1.165) is 43.1 Å². The third kappa shape index (κ3) is 6.59. The van der Waals surface area contributed by atoms with E-state index in [9.17, 15) is 8.42 Å². The number of para-hydroxylation sites is 1. The number of sulfonamides is 1. The van der Waals surface area contributed by atoms with E-state index in [1.165, 1.54) is 12.4 Å². The van der Waals surface area contributed by atoms with Gasteiger partial charge in [0.25, 0.3) is 0 Å². The molecule has 35 heavy (non-hydrogen) atoms. The van der Waals surface area contributed by atoms with Crippen molar-refractivity contribution < 1.29 is 13.5 Å². The Bertz CT molecular complexity index is 1250. The summed E-state index contributed by atoms with van der Waals surface area (Å²) in [6, 6.07) is 12.7. The van der Waals surface area contributed by atoms with Crippen LogP contribution < -0.4 is 20.7 Å². The minimum absolute atomic E-state index is 0. The highest BCUT2D eigenvalue weighted by Crippen LogP contribution is 2.35. The van der Waals surface area contributed by atoms with E-state index in [4.69, 9.17) is 10.2 Å². The molecule has 0 spiro atoms. The second kappa shape index (κ2) is 11.6. The standard InChI is InChI=1S/C23H29N7O3S.ClH/c1-17-15-25-16-26-23(17)28-20-6-3-7-21(34(24,32)33)22(20)27-18-4-2-5-19(14-18)30-10-8-29(9-11-30)12-13-31;/h2-7,14-16,27,31H,8-13H2,1H3,(H2,24,32,33)(H,25,26,28);1H. The smallest absolute Gasteiger partial charge is 0.240 e. The fourth-order valence-corrected chi connectivity index (χ4v) is 4.67. The van der Waals surface area contributed by atoms with Crippen molar-refractivity contribution in [1.29, 1.82) is 0 Å². The van der Waals surface area contributed by atoms with Crippen molar-refractivity contribution in [3.63, 3.8) is 0 Å². The van der Waals surface area contributed by atoms with Crippen LogP contribution in [0.25, 0.3) is 0 Å². The number of nitrogens with two attached hydrogens (primary N) is 1. The molecule has 0 atom stereocenters. The van der Waals surface area contributed by atoms with Crippen LogP contribution in [0.15, 0.2) is 59.9 Å². The van der Waals surface area contributed by atoms with Crippen molar-refractivity contribution in [3.05, 3.63) is 60.6 Å². The molecule has 4 rings (SSSR count). The predicted molar refractivity (Wildman–Crippen MR) is 141 cm³/mol. The van der Waals surface area contributed by atoms with Gasteiger partial charge >= 0.3 is 0 Å². The normalized spacial score (nSPS) is 14.3. The molecule has 0 unspecified atom stereocenters. The number of hydrogen-bond acceptors (Lipinski definition) is 9. The molecule has 2 aromatic carbocycles. The Balaban J connectivity index is 0.00000342. The first-order valence-corrected chi connectivity index (χ1v) is 12.5. The van der Waals surface area contributed by atoms with E-state index in [1.807, 2.05) is 31.2 Å². The number of aryl methyl sites for hydroxylation is 1. The second-order valence-electron chi connectivity index (χ2n) is 8.13. The van der Waals surface area contributed by atoms with Gasteiger partial charge in [-0.1, -0.05) is 12.1 Å². The average molecular weight is 520 g/mol. The Hall–Kier alpha value is -2.96. The van der Waals surface area contributed by atoms with Gasteiger partial charge in [0.1, 0.15) is 17.0 Å². The number of aliphatic hydroxyl groups excluding tert-OH is 1. The lowest BCUT2D eigenvalue weighted by atomic mass is 10.2. The molecule has 1 aliphatic heterocycles. The highest BCUT2D eigenvalue weighted by molar-refractivity contribution is 7.89. The molecule has 5 N–H and O–H groups in total. The Morgan fingerprint density at radius 3 is 2.51 bits per heavy atom. The predicted octanol–water partition coefficient (Wildman–Crippen LogP) is 2.46. The third-order valence-electron chi connectivity index (χ3n) is 5.75. The number of aliphatic hydroxyl groups is 1. The lowest BCUT2D eigenvalue weighted by Gasteiger charge is -2.36. The van der Waals surface area contributed by atoms with Gasteiger partial charge in [0, 0.05) is 55.9 Å². The summed E-state index contributed by atoms with van der Waals surface area (Å²) in [5.74, 6) is 0.569. The summed E-state index contributed by atoms with van der Waals surface area (Å²) in [7, 11) is -3.99. The third-order valence-corrected chi connectivity index (χ3v) is 6.70. The van der Waals surface area contributed by atoms with Crippen molar-refractivity contribution in [1.82, 2.24) is 14.9 Å². The molecule has 12 heteroatoms. The van der Waals surface area contributed by atoms with Crippen LogP contribution in [0.2, 0.25) is 0 Å². The van der Waals surface area contributed by atoms with Gasteiger partial charge < -0.3 is 20.6 Å². The number of anilines is 5. The van der Waals surface area contributed by atoms with E-state index >= 15 is 0 Å². The van der Waals surface area contributed by atoms with Crippen LogP contribution >= 0.6 is 12.4 Å². The molecule has 1 fully saturated rings. The molecular formula is C23H30ClN7O3S. The van der Waals surface area contributed by atoms with Gasteiger partial charge in [0.05, 0.1) is 18.0 Å². The number of benzene rings is 2. The summed E-state index contributed by atoms with van der Waals surface area (Å²) in [5.41, 5.74) is 3.44. The molecule has 2 heterocycles. The maximum atomic E-state index is 12.4.